The molecule has 22 heavy (non-hydrogen) atoms. The van der Waals surface area contributed by atoms with Crippen LogP contribution >= 0.6 is 33.2 Å². The molecule has 0 atom stereocenters. The number of hydrogen-bond acceptors (Lipinski definition) is 0. The second-order valence-electron chi connectivity index (χ2n) is 6.25. The molecule has 0 saturated heterocycles. The normalized spacial score (nSPS) is 11.2. The summed E-state index contributed by atoms with van der Waals surface area (Å²) in [5, 5.41) is 0. The first kappa shape index (κ1) is 25.3. The van der Waals surface area contributed by atoms with Crippen LogP contribution in [0.15, 0.2) is 0 Å². The fourth-order valence-corrected chi connectivity index (χ4v) is 4.17. The summed E-state index contributed by atoms with van der Waals surface area (Å²) in [6.45, 7) is 6.75. The van der Waals surface area contributed by atoms with Gasteiger partial charge in [-0.15, -0.1) is 33.2 Å². The fraction of sp³-hybridized carbons (Fsp3) is 1.00. The van der Waals surface area contributed by atoms with Crippen LogP contribution in [0.25, 0.3) is 0 Å². The van der Waals surface area contributed by atoms with Gasteiger partial charge < -0.3 is 0 Å². The van der Waals surface area contributed by atoms with E-state index in [9.17, 15) is 0 Å². The molecule has 0 spiro atoms. The summed E-state index contributed by atoms with van der Waals surface area (Å²) in [4.78, 5) is 0. The molecule has 0 heterocycles. The number of hydrogen-bond donors (Lipinski definition) is 0. The lowest BCUT2D eigenvalue weighted by Gasteiger charge is -2.06. The first-order chi connectivity index (χ1) is 10.5. The SMILES string of the molecule is CCCCCCCC.CCCCCCCCCC[Si](Cl)(Cl)Cl. The molecule has 0 amide bonds. The zero-order chi connectivity index (χ0) is 17.1. The van der Waals surface area contributed by atoms with E-state index in [0.717, 1.165) is 12.5 Å². The molecule has 0 aliphatic heterocycles. The lowest BCUT2D eigenvalue weighted by atomic mass is 10.1. The molecule has 0 unspecified atom stereocenters. The highest BCUT2D eigenvalue weighted by Gasteiger charge is 2.23. The van der Waals surface area contributed by atoms with Gasteiger partial charge in [-0.2, -0.15) is 0 Å². The second kappa shape index (κ2) is 20.1. The van der Waals surface area contributed by atoms with Crippen LogP contribution in [-0.4, -0.2) is 6.00 Å². The molecule has 0 saturated carbocycles. The summed E-state index contributed by atoms with van der Waals surface area (Å²) in [5.74, 6) is 0. The van der Waals surface area contributed by atoms with Crippen LogP contribution in [0.4, 0.5) is 0 Å². The van der Waals surface area contributed by atoms with Gasteiger partial charge in [-0.05, 0) is 6.04 Å². The molecule has 0 aromatic carbocycles. The Bertz CT molecular complexity index is 187. The topological polar surface area (TPSA) is 0 Å². The van der Waals surface area contributed by atoms with E-state index in [-0.39, 0.29) is 0 Å². The van der Waals surface area contributed by atoms with E-state index in [2.05, 4.69) is 20.8 Å². The third-order valence-corrected chi connectivity index (χ3v) is 6.39. The molecule has 0 rings (SSSR count). The van der Waals surface area contributed by atoms with Crippen molar-refractivity contribution >= 4 is 39.2 Å². The molecule has 0 aromatic heterocycles. The van der Waals surface area contributed by atoms with Crippen LogP contribution in [0.2, 0.25) is 6.04 Å². The molecule has 0 N–H and O–H groups in total. The van der Waals surface area contributed by atoms with E-state index in [4.69, 9.17) is 33.2 Å². The van der Waals surface area contributed by atoms with Crippen molar-refractivity contribution in [1.82, 2.24) is 0 Å². The van der Waals surface area contributed by atoms with Crippen LogP contribution < -0.4 is 0 Å². The predicted octanol–water partition coefficient (Wildman–Crippen LogP) is 9.15. The van der Waals surface area contributed by atoms with Gasteiger partial charge in [-0.1, -0.05) is 111 Å². The van der Waals surface area contributed by atoms with Crippen molar-refractivity contribution in [1.29, 1.82) is 0 Å². The summed E-state index contributed by atoms with van der Waals surface area (Å²) < 4.78 is 0. The molecule has 0 fully saturated rings. The molecule has 0 aliphatic carbocycles. The van der Waals surface area contributed by atoms with Crippen LogP contribution in [0.5, 0.6) is 0 Å². The van der Waals surface area contributed by atoms with E-state index in [1.165, 1.54) is 83.5 Å². The van der Waals surface area contributed by atoms with Crippen LogP contribution in [0.3, 0.4) is 0 Å². The van der Waals surface area contributed by atoms with Crippen molar-refractivity contribution in [2.45, 2.75) is 117 Å². The van der Waals surface area contributed by atoms with Crippen molar-refractivity contribution in [2.24, 2.45) is 0 Å². The first-order valence-corrected chi connectivity index (χ1v) is 14.8. The maximum atomic E-state index is 5.78. The smallest absolute Gasteiger partial charge is 0.126 e. The summed E-state index contributed by atoms with van der Waals surface area (Å²) in [6.07, 6.45) is 18.9. The maximum absolute atomic E-state index is 5.78. The van der Waals surface area contributed by atoms with Gasteiger partial charge in [0, 0.05) is 0 Å². The van der Waals surface area contributed by atoms with E-state index in [1.54, 1.807) is 0 Å². The van der Waals surface area contributed by atoms with Gasteiger partial charge >= 0.3 is 6.00 Å². The Morgan fingerprint density at radius 3 is 1.00 bits per heavy atom. The van der Waals surface area contributed by atoms with Gasteiger partial charge in [-0.3, -0.25) is 0 Å². The third-order valence-electron chi connectivity index (χ3n) is 3.77. The van der Waals surface area contributed by atoms with Gasteiger partial charge in [0.05, 0.1) is 0 Å². The fourth-order valence-electron chi connectivity index (χ4n) is 2.31. The first-order valence-electron chi connectivity index (χ1n) is 9.54. The highest BCUT2D eigenvalue weighted by Crippen LogP contribution is 2.27. The largest absolute Gasteiger partial charge is 0.341 e. The van der Waals surface area contributed by atoms with Crippen molar-refractivity contribution in [2.75, 3.05) is 0 Å². The second-order valence-corrected chi connectivity index (χ2v) is 15.5. The van der Waals surface area contributed by atoms with Crippen molar-refractivity contribution in [3.63, 3.8) is 0 Å². The molecule has 0 aromatic rings. The molecular formula is C18H39Cl3Si. The Morgan fingerprint density at radius 2 is 0.727 bits per heavy atom. The number of halogens is 3. The monoisotopic (exact) mass is 388 g/mol. The molecule has 4 heteroatoms. The quantitative estimate of drug-likeness (QED) is 0.158. The van der Waals surface area contributed by atoms with E-state index in [0.29, 0.717) is 0 Å². The van der Waals surface area contributed by atoms with Gasteiger partial charge in [0.25, 0.3) is 0 Å². The summed E-state index contributed by atoms with van der Waals surface area (Å²) in [7, 11) is 0. The van der Waals surface area contributed by atoms with E-state index < -0.39 is 6.00 Å². The lowest BCUT2D eigenvalue weighted by molar-refractivity contribution is 0.585. The molecule has 136 valence electrons. The van der Waals surface area contributed by atoms with Gasteiger partial charge in [0.2, 0.25) is 0 Å². The van der Waals surface area contributed by atoms with E-state index in [1.807, 2.05) is 0 Å². The van der Waals surface area contributed by atoms with Crippen LogP contribution in [0.1, 0.15) is 111 Å². The molecule has 0 radical (unpaired) electrons. The standard InChI is InChI=1S/C10H21Cl3Si.C8H18/c1-2-3-4-5-6-7-8-9-10-14(11,12)13;1-3-5-7-8-6-4-2/h2-10H2,1H3;3-8H2,1-2H3. The Balaban J connectivity index is 0. The third kappa shape index (κ3) is 29.1. The highest BCUT2D eigenvalue weighted by atomic mass is 35.8. The molecule has 0 bridgehead atoms. The summed E-state index contributed by atoms with van der Waals surface area (Å²) in [6, 6.07) is -1.50. The zero-order valence-corrected chi connectivity index (χ0v) is 18.5. The van der Waals surface area contributed by atoms with Crippen molar-refractivity contribution in [3.05, 3.63) is 0 Å². The summed E-state index contributed by atoms with van der Waals surface area (Å²) in [5.41, 5.74) is 0. The molecule has 0 nitrogen and oxygen atoms in total. The zero-order valence-electron chi connectivity index (χ0n) is 15.2. The number of rotatable bonds is 14. The lowest BCUT2D eigenvalue weighted by Crippen LogP contribution is -2.07. The van der Waals surface area contributed by atoms with Crippen LogP contribution in [-0.2, 0) is 0 Å². The molecule has 0 aliphatic rings. The van der Waals surface area contributed by atoms with Gasteiger partial charge in [-0.25, -0.2) is 0 Å². The predicted molar refractivity (Wildman–Crippen MR) is 110 cm³/mol. The average molecular weight is 390 g/mol. The van der Waals surface area contributed by atoms with Gasteiger partial charge in [0.1, 0.15) is 0 Å². The summed E-state index contributed by atoms with van der Waals surface area (Å²) >= 11 is 17.4. The Kier molecular flexibility index (Phi) is 23.2. The minimum atomic E-state index is -2.32. The Hall–Kier alpha value is 1.09. The van der Waals surface area contributed by atoms with Crippen molar-refractivity contribution < 1.29 is 0 Å². The minimum Gasteiger partial charge on any atom is -0.126 e. The van der Waals surface area contributed by atoms with Crippen LogP contribution in [0, 0.1) is 0 Å². The van der Waals surface area contributed by atoms with Crippen molar-refractivity contribution in [3.8, 4) is 0 Å². The number of unbranched alkanes of at least 4 members (excludes halogenated alkanes) is 12. The van der Waals surface area contributed by atoms with E-state index >= 15 is 0 Å². The highest BCUT2D eigenvalue weighted by molar-refractivity contribution is 7.64. The Labute approximate surface area is 155 Å². The molecular weight excluding hydrogens is 351 g/mol. The maximum Gasteiger partial charge on any atom is 0.341 e. The van der Waals surface area contributed by atoms with Gasteiger partial charge in [0.15, 0.2) is 0 Å². The Morgan fingerprint density at radius 1 is 0.455 bits per heavy atom. The average Bonchev–Trinajstić information content (AvgIpc) is 2.46. The minimum absolute atomic E-state index is 0.826.